The molecule has 1 aromatic carbocycles. The van der Waals surface area contributed by atoms with E-state index in [1.807, 2.05) is 37.3 Å². The number of carbonyl (C=O) groups is 1. The number of nitrogens with one attached hydrogen (secondary N) is 1. The second-order valence-corrected chi connectivity index (χ2v) is 8.96. The third kappa shape index (κ3) is 4.53. The van der Waals surface area contributed by atoms with E-state index >= 15 is 0 Å². The van der Waals surface area contributed by atoms with E-state index in [-0.39, 0.29) is 23.5 Å². The van der Waals surface area contributed by atoms with Crippen LogP contribution in [0.25, 0.3) is 6.08 Å². The molecule has 8 heteroatoms. The zero-order valence-electron chi connectivity index (χ0n) is 14.4. The zero-order chi connectivity index (χ0) is 18.7. The van der Waals surface area contributed by atoms with Crippen molar-refractivity contribution in [3.8, 4) is 0 Å². The molecule has 2 heterocycles. The lowest BCUT2D eigenvalue weighted by Crippen LogP contribution is -2.34. The van der Waals surface area contributed by atoms with Gasteiger partial charge in [-0.3, -0.25) is 4.79 Å². The highest BCUT2D eigenvalue weighted by Gasteiger charge is 2.28. The number of sulfone groups is 1. The molecule has 3 rings (SSSR count). The first-order chi connectivity index (χ1) is 12.3. The molecule has 1 atom stereocenters. The lowest BCUT2D eigenvalue weighted by Gasteiger charge is -2.07. The Kier molecular flexibility index (Phi) is 5.48. The number of aromatic nitrogens is 2. The van der Waals surface area contributed by atoms with Gasteiger partial charge in [-0.2, -0.15) is 5.10 Å². The quantitative estimate of drug-likeness (QED) is 0.789. The molecule has 1 unspecified atom stereocenters. The normalized spacial score (nSPS) is 19.1. The number of hydrogen-bond acceptors (Lipinski definition) is 4. The maximum Gasteiger partial charge on any atom is 0.244 e. The van der Waals surface area contributed by atoms with Crippen molar-refractivity contribution in [2.24, 2.45) is 0 Å². The SMILES string of the molecule is Cc1nn(Cc2ccccc2)c(Cl)c1/C=C/C(=O)NC1CCS(=O)(=O)C1. The molecule has 1 N–H and O–H groups in total. The van der Waals surface area contributed by atoms with E-state index in [1.54, 1.807) is 10.8 Å². The Morgan fingerprint density at radius 3 is 2.77 bits per heavy atom. The Balaban J connectivity index is 1.67. The maximum atomic E-state index is 12.0. The molecule has 1 aliphatic rings. The fourth-order valence-electron chi connectivity index (χ4n) is 2.93. The zero-order valence-corrected chi connectivity index (χ0v) is 15.9. The van der Waals surface area contributed by atoms with Gasteiger partial charge in [0.1, 0.15) is 5.15 Å². The van der Waals surface area contributed by atoms with Crippen molar-refractivity contribution in [2.45, 2.75) is 25.9 Å². The summed E-state index contributed by atoms with van der Waals surface area (Å²) in [5, 5.41) is 7.60. The number of amides is 1. The summed E-state index contributed by atoms with van der Waals surface area (Å²) in [6.45, 7) is 2.37. The van der Waals surface area contributed by atoms with Crippen LogP contribution >= 0.6 is 11.6 Å². The highest BCUT2D eigenvalue weighted by atomic mass is 35.5. The Morgan fingerprint density at radius 2 is 2.12 bits per heavy atom. The van der Waals surface area contributed by atoms with E-state index in [2.05, 4.69) is 10.4 Å². The highest BCUT2D eigenvalue weighted by molar-refractivity contribution is 7.91. The van der Waals surface area contributed by atoms with Gasteiger partial charge in [-0.1, -0.05) is 41.9 Å². The molecular formula is C18H20ClN3O3S. The van der Waals surface area contributed by atoms with E-state index < -0.39 is 9.84 Å². The van der Waals surface area contributed by atoms with Crippen molar-refractivity contribution in [3.63, 3.8) is 0 Å². The third-order valence-electron chi connectivity index (χ3n) is 4.26. The minimum Gasteiger partial charge on any atom is -0.349 e. The van der Waals surface area contributed by atoms with Gasteiger partial charge < -0.3 is 5.32 Å². The number of aryl methyl sites for hydroxylation is 1. The molecule has 0 bridgehead atoms. The van der Waals surface area contributed by atoms with E-state index in [0.29, 0.717) is 23.7 Å². The Morgan fingerprint density at radius 1 is 1.38 bits per heavy atom. The number of rotatable bonds is 5. The third-order valence-corrected chi connectivity index (χ3v) is 6.43. The van der Waals surface area contributed by atoms with Crippen LogP contribution < -0.4 is 5.32 Å². The van der Waals surface area contributed by atoms with Gasteiger partial charge in [-0.15, -0.1) is 0 Å². The Bertz CT molecular complexity index is 936. The van der Waals surface area contributed by atoms with E-state index in [0.717, 1.165) is 11.3 Å². The van der Waals surface area contributed by atoms with Gasteiger partial charge in [0.2, 0.25) is 5.91 Å². The van der Waals surface area contributed by atoms with Crippen molar-refractivity contribution >= 4 is 33.4 Å². The fourth-order valence-corrected chi connectivity index (χ4v) is 4.91. The van der Waals surface area contributed by atoms with Crippen LogP contribution in [-0.2, 0) is 21.2 Å². The molecule has 1 fully saturated rings. The van der Waals surface area contributed by atoms with Gasteiger partial charge in [-0.25, -0.2) is 13.1 Å². The van der Waals surface area contributed by atoms with Gasteiger partial charge in [0.05, 0.1) is 23.7 Å². The molecule has 26 heavy (non-hydrogen) atoms. The summed E-state index contributed by atoms with van der Waals surface area (Å²) in [6, 6.07) is 9.51. The second-order valence-electron chi connectivity index (χ2n) is 6.38. The molecular weight excluding hydrogens is 374 g/mol. The average Bonchev–Trinajstić information content (AvgIpc) is 3.06. The van der Waals surface area contributed by atoms with Crippen LogP contribution in [0.4, 0.5) is 0 Å². The van der Waals surface area contributed by atoms with Gasteiger partial charge in [0.25, 0.3) is 0 Å². The summed E-state index contributed by atoms with van der Waals surface area (Å²) in [5.41, 5.74) is 2.47. The molecule has 0 spiro atoms. The summed E-state index contributed by atoms with van der Waals surface area (Å²) in [6.07, 6.45) is 3.44. The average molecular weight is 394 g/mol. The summed E-state index contributed by atoms with van der Waals surface area (Å²) < 4.78 is 24.6. The highest BCUT2D eigenvalue weighted by Crippen LogP contribution is 2.22. The number of hydrogen-bond donors (Lipinski definition) is 1. The molecule has 2 aromatic rings. The van der Waals surface area contributed by atoms with Crippen LogP contribution in [0.15, 0.2) is 36.4 Å². The smallest absolute Gasteiger partial charge is 0.244 e. The van der Waals surface area contributed by atoms with Crippen LogP contribution in [-0.4, -0.2) is 41.7 Å². The minimum absolute atomic E-state index is 0.00136. The molecule has 0 saturated carbocycles. The van der Waals surface area contributed by atoms with Gasteiger partial charge in [-0.05, 0) is 25.0 Å². The topological polar surface area (TPSA) is 81.1 Å². The molecule has 0 radical (unpaired) electrons. The standard InChI is InChI=1S/C18H20ClN3O3S/c1-13-16(7-8-17(23)20-15-9-10-26(24,25)12-15)18(19)22(21-13)11-14-5-3-2-4-6-14/h2-8,15H,9-12H2,1H3,(H,20,23)/b8-7+. The fraction of sp³-hybridized carbons (Fsp3) is 0.333. The van der Waals surface area contributed by atoms with Crippen LogP contribution in [0.3, 0.4) is 0 Å². The Labute approximate surface area is 157 Å². The van der Waals surface area contributed by atoms with Crippen LogP contribution in [0.2, 0.25) is 5.15 Å². The number of nitrogens with zero attached hydrogens (tertiary/aromatic N) is 2. The van der Waals surface area contributed by atoms with Gasteiger partial charge in [0.15, 0.2) is 9.84 Å². The summed E-state index contributed by atoms with van der Waals surface area (Å²) >= 11 is 6.41. The van der Waals surface area contributed by atoms with Crippen LogP contribution in [0.5, 0.6) is 0 Å². The summed E-state index contributed by atoms with van der Waals surface area (Å²) in [7, 11) is -3.02. The molecule has 1 amide bonds. The summed E-state index contributed by atoms with van der Waals surface area (Å²) in [5.74, 6) is -0.210. The van der Waals surface area contributed by atoms with Gasteiger partial charge in [0, 0.05) is 17.7 Å². The molecule has 0 aliphatic carbocycles. The predicted molar refractivity (Wildman–Crippen MR) is 102 cm³/mol. The number of carbonyl (C=O) groups excluding carboxylic acids is 1. The van der Waals surface area contributed by atoms with Crippen molar-refractivity contribution in [1.29, 1.82) is 0 Å². The van der Waals surface area contributed by atoms with Crippen molar-refractivity contribution in [1.82, 2.24) is 15.1 Å². The largest absolute Gasteiger partial charge is 0.349 e. The Hall–Kier alpha value is -2.12. The second kappa shape index (κ2) is 7.63. The first-order valence-electron chi connectivity index (χ1n) is 8.30. The van der Waals surface area contributed by atoms with Crippen LogP contribution in [0.1, 0.15) is 23.2 Å². The summed E-state index contributed by atoms with van der Waals surface area (Å²) in [4.78, 5) is 12.0. The molecule has 1 saturated heterocycles. The van der Waals surface area contributed by atoms with Crippen molar-refractivity contribution < 1.29 is 13.2 Å². The number of benzene rings is 1. The van der Waals surface area contributed by atoms with E-state index in [9.17, 15) is 13.2 Å². The lowest BCUT2D eigenvalue weighted by molar-refractivity contribution is -0.116. The van der Waals surface area contributed by atoms with Crippen molar-refractivity contribution in [2.75, 3.05) is 11.5 Å². The monoisotopic (exact) mass is 393 g/mol. The molecule has 1 aromatic heterocycles. The first kappa shape index (κ1) is 18.7. The predicted octanol–water partition coefficient (Wildman–Crippen LogP) is 2.21. The van der Waals surface area contributed by atoms with Gasteiger partial charge >= 0.3 is 0 Å². The first-order valence-corrected chi connectivity index (χ1v) is 10.5. The lowest BCUT2D eigenvalue weighted by atomic mass is 10.2. The molecule has 6 nitrogen and oxygen atoms in total. The van der Waals surface area contributed by atoms with Crippen LogP contribution in [0, 0.1) is 6.92 Å². The van der Waals surface area contributed by atoms with E-state index in [4.69, 9.17) is 11.6 Å². The molecule has 138 valence electrons. The van der Waals surface area contributed by atoms with E-state index in [1.165, 1.54) is 6.08 Å². The molecule has 1 aliphatic heterocycles. The minimum atomic E-state index is -3.02. The maximum absolute atomic E-state index is 12.0. The number of halogens is 1. The van der Waals surface area contributed by atoms with Crippen molar-refractivity contribution in [3.05, 3.63) is 58.4 Å².